The summed E-state index contributed by atoms with van der Waals surface area (Å²) in [5.74, 6) is 0.846. The molecule has 0 aliphatic rings. The second-order valence-corrected chi connectivity index (χ2v) is 3.94. The van der Waals surface area contributed by atoms with Crippen molar-refractivity contribution in [2.24, 2.45) is 5.92 Å². The van der Waals surface area contributed by atoms with E-state index in [1.54, 1.807) is 0 Å². The molecule has 0 nitrogen and oxygen atoms in total. The predicted molar refractivity (Wildman–Crippen MR) is 45.7 cm³/mol. The van der Waals surface area contributed by atoms with Crippen LogP contribution in [0.4, 0.5) is 0 Å². The van der Waals surface area contributed by atoms with Crippen molar-refractivity contribution >= 4 is 12.6 Å². The molecule has 0 fully saturated rings. The average molecular weight is 145 g/mol. The topological polar surface area (TPSA) is 0 Å². The van der Waals surface area contributed by atoms with Gasteiger partial charge >= 0.3 is 0 Å². The maximum Gasteiger partial charge on any atom is 0.0123 e. The third-order valence-electron chi connectivity index (χ3n) is 1.39. The lowest BCUT2D eigenvalue weighted by atomic mass is 10.1. The molecule has 0 rings (SSSR count). The number of rotatable bonds is 4. The molecule has 1 heteroatoms. The van der Waals surface area contributed by atoms with Crippen LogP contribution in [0.15, 0.2) is 0 Å². The van der Waals surface area contributed by atoms with Crippen LogP contribution >= 0.6 is 12.6 Å². The Kier molecular flexibility index (Phi) is 5.36. The first-order chi connectivity index (χ1) is 4.13. The molecule has 0 bridgehead atoms. The van der Waals surface area contributed by atoms with Crippen molar-refractivity contribution in [2.45, 2.75) is 45.3 Å². The Morgan fingerprint density at radius 3 is 2.00 bits per heavy atom. The van der Waals surface area contributed by atoms with E-state index in [9.17, 15) is 0 Å². The second-order valence-electron chi connectivity index (χ2n) is 3.14. The lowest BCUT2D eigenvalue weighted by molar-refractivity contribution is 0.538. The molecule has 0 spiro atoms. The van der Waals surface area contributed by atoms with Crippen molar-refractivity contribution in [3.05, 3.63) is 0 Å². The van der Waals surface area contributed by atoms with E-state index in [1.807, 2.05) is 0 Å². The third-order valence-corrected chi connectivity index (χ3v) is 1.63. The summed E-state index contributed by atoms with van der Waals surface area (Å²) in [5.41, 5.74) is 0. The van der Waals surface area contributed by atoms with E-state index in [0.29, 0.717) is 5.25 Å². The molecular weight excluding hydrogens is 128 g/mol. The predicted octanol–water partition coefficient (Wildman–Crippen LogP) is 3.40. The maximum absolute atomic E-state index is 5.03. The van der Waals surface area contributed by atoms with E-state index in [2.05, 4.69) is 20.8 Å². The number of hydrogen-bond acceptors (Lipinski definition) is 0. The van der Waals surface area contributed by atoms with Gasteiger partial charge in [0.1, 0.15) is 0 Å². The summed E-state index contributed by atoms with van der Waals surface area (Å²) in [6.07, 6.45) is 3.86. The van der Waals surface area contributed by atoms with Crippen LogP contribution in [-0.2, 0) is 0 Å². The van der Waals surface area contributed by atoms with Crippen LogP contribution in [0.5, 0.6) is 0 Å². The molecule has 1 atom stereocenters. The van der Waals surface area contributed by atoms with Crippen LogP contribution in [0.25, 0.3) is 0 Å². The van der Waals surface area contributed by atoms with Crippen molar-refractivity contribution in [1.29, 1.82) is 0 Å². The van der Waals surface area contributed by atoms with Crippen LogP contribution in [0, 0.1) is 5.92 Å². The van der Waals surface area contributed by atoms with E-state index in [4.69, 9.17) is 12.6 Å². The summed E-state index contributed by atoms with van der Waals surface area (Å²) in [5, 5.41) is 0.476. The first kappa shape index (κ1) is 9.35. The normalized spacial score (nSPS) is 14.3. The summed E-state index contributed by atoms with van der Waals surface area (Å²) >= 11 is 5.03. The molecule has 1 radical (unpaired) electrons. The Morgan fingerprint density at radius 2 is 1.67 bits per heavy atom. The number of hydrogen-bond donors (Lipinski definition) is 0. The van der Waals surface area contributed by atoms with Crippen LogP contribution in [0.2, 0.25) is 0 Å². The fourth-order valence-corrected chi connectivity index (χ4v) is 0.980. The highest BCUT2D eigenvalue weighted by Gasteiger charge is 1.96. The Morgan fingerprint density at radius 1 is 1.11 bits per heavy atom. The molecule has 9 heavy (non-hydrogen) atoms. The van der Waals surface area contributed by atoms with Gasteiger partial charge in [-0.05, 0) is 12.3 Å². The fraction of sp³-hybridized carbons (Fsp3) is 1.00. The van der Waals surface area contributed by atoms with Gasteiger partial charge in [-0.15, -0.1) is 0 Å². The standard InChI is InChI=1S/C8H17S/c1-7(2)5-4-6-8(3)9/h7-8H,4-6H2,1-3H3. The van der Waals surface area contributed by atoms with Gasteiger partial charge in [-0.2, -0.15) is 0 Å². The van der Waals surface area contributed by atoms with Gasteiger partial charge < -0.3 is 0 Å². The summed E-state index contributed by atoms with van der Waals surface area (Å²) in [6.45, 7) is 6.62. The van der Waals surface area contributed by atoms with Gasteiger partial charge in [0.05, 0.1) is 0 Å². The molecule has 55 valence electrons. The highest BCUT2D eigenvalue weighted by atomic mass is 32.1. The average Bonchev–Trinajstić information content (AvgIpc) is 1.63. The Balaban J connectivity index is 2.91. The zero-order valence-corrected chi connectivity index (χ0v) is 7.50. The zero-order chi connectivity index (χ0) is 7.28. The van der Waals surface area contributed by atoms with Gasteiger partial charge in [-0.3, -0.25) is 0 Å². The smallest absolute Gasteiger partial charge is 0.0123 e. The zero-order valence-electron chi connectivity index (χ0n) is 6.68. The minimum absolute atomic E-state index is 0.476. The van der Waals surface area contributed by atoms with Gasteiger partial charge in [0, 0.05) is 5.25 Å². The van der Waals surface area contributed by atoms with Crippen molar-refractivity contribution in [1.82, 2.24) is 0 Å². The second kappa shape index (κ2) is 5.16. The maximum atomic E-state index is 5.03. The van der Waals surface area contributed by atoms with Gasteiger partial charge in [0.25, 0.3) is 0 Å². The monoisotopic (exact) mass is 145 g/mol. The first-order valence-corrected chi connectivity index (χ1v) is 4.26. The lowest BCUT2D eigenvalue weighted by Gasteiger charge is -2.04. The molecule has 0 amide bonds. The van der Waals surface area contributed by atoms with Gasteiger partial charge in [-0.25, -0.2) is 0 Å². The summed E-state index contributed by atoms with van der Waals surface area (Å²) in [7, 11) is 0. The Labute approximate surface area is 64.4 Å². The molecule has 0 heterocycles. The molecule has 0 aromatic carbocycles. The van der Waals surface area contributed by atoms with Gasteiger partial charge in [0.15, 0.2) is 0 Å². The highest BCUT2D eigenvalue weighted by Crippen LogP contribution is 2.10. The van der Waals surface area contributed by atoms with Crippen molar-refractivity contribution in [3.8, 4) is 0 Å². The fourth-order valence-electron chi connectivity index (χ4n) is 0.814. The Hall–Kier alpha value is 0.350. The molecule has 0 saturated heterocycles. The molecule has 0 saturated carbocycles. The van der Waals surface area contributed by atoms with Crippen molar-refractivity contribution in [3.63, 3.8) is 0 Å². The van der Waals surface area contributed by atoms with Crippen LogP contribution < -0.4 is 0 Å². The summed E-state index contributed by atoms with van der Waals surface area (Å²) in [4.78, 5) is 0. The largest absolute Gasteiger partial charge is 0.0907 e. The summed E-state index contributed by atoms with van der Waals surface area (Å²) < 4.78 is 0. The van der Waals surface area contributed by atoms with E-state index in [0.717, 1.165) is 5.92 Å². The van der Waals surface area contributed by atoms with E-state index >= 15 is 0 Å². The highest BCUT2D eigenvalue weighted by molar-refractivity contribution is 7.80. The van der Waals surface area contributed by atoms with Crippen LogP contribution in [-0.4, -0.2) is 5.25 Å². The molecule has 0 N–H and O–H groups in total. The van der Waals surface area contributed by atoms with E-state index < -0.39 is 0 Å². The van der Waals surface area contributed by atoms with E-state index in [1.165, 1.54) is 19.3 Å². The first-order valence-electron chi connectivity index (χ1n) is 3.78. The lowest BCUT2D eigenvalue weighted by Crippen LogP contribution is -1.93. The molecule has 0 aromatic heterocycles. The van der Waals surface area contributed by atoms with Gasteiger partial charge in [0.2, 0.25) is 0 Å². The van der Waals surface area contributed by atoms with E-state index in [-0.39, 0.29) is 0 Å². The Bertz CT molecular complexity index is 49.6. The van der Waals surface area contributed by atoms with Crippen LogP contribution in [0.1, 0.15) is 40.0 Å². The van der Waals surface area contributed by atoms with Crippen molar-refractivity contribution in [2.75, 3.05) is 0 Å². The molecule has 0 aromatic rings. The summed E-state index contributed by atoms with van der Waals surface area (Å²) in [6, 6.07) is 0. The molecule has 1 unspecified atom stereocenters. The molecule has 0 aliphatic heterocycles. The molecular formula is C8H17S. The van der Waals surface area contributed by atoms with Crippen molar-refractivity contribution < 1.29 is 0 Å². The molecule has 0 aliphatic carbocycles. The quantitative estimate of drug-likeness (QED) is 0.569. The third kappa shape index (κ3) is 8.35. The van der Waals surface area contributed by atoms with Crippen LogP contribution in [0.3, 0.4) is 0 Å². The minimum Gasteiger partial charge on any atom is -0.0907 e. The SMILES string of the molecule is CC(C)CCCC(C)[S]. The van der Waals surface area contributed by atoms with Gasteiger partial charge in [-0.1, -0.05) is 46.2 Å². The minimum atomic E-state index is 0.476.